The van der Waals surface area contributed by atoms with E-state index in [0.717, 1.165) is 6.26 Å². The van der Waals surface area contributed by atoms with Crippen LogP contribution in [0.1, 0.15) is 6.92 Å². The maximum absolute atomic E-state index is 10.5. The van der Waals surface area contributed by atoms with Crippen molar-refractivity contribution in [3.63, 3.8) is 0 Å². The molecule has 0 radical (unpaired) electrons. The minimum atomic E-state index is -3.09. The molecule has 0 saturated carbocycles. The van der Waals surface area contributed by atoms with Gasteiger partial charge in [0.15, 0.2) is 0 Å². The third-order valence-electron chi connectivity index (χ3n) is 1.01. The monoisotopic (exact) mass is 167 g/mol. The lowest BCUT2D eigenvalue weighted by atomic mass is 10.2. The Morgan fingerprint density at radius 2 is 2.10 bits per heavy atom. The van der Waals surface area contributed by atoms with E-state index in [9.17, 15) is 8.42 Å². The van der Waals surface area contributed by atoms with E-state index in [-0.39, 0.29) is 12.5 Å². The van der Waals surface area contributed by atoms with Crippen LogP contribution in [-0.2, 0) is 10.0 Å². The molecule has 0 aromatic rings. The Balaban J connectivity index is 3.56. The topological polar surface area (TPSA) is 66.4 Å². The van der Waals surface area contributed by atoms with Gasteiger partial charge in [-0.25, -0.2) is 13.1 Å². The lowest BCUT2D eigenvalue weighted by Crippen LogP contribution is -2.28. The molecule has 0 heterocycles. The fraction of sp³-hybridized carbons (Fsp3) is 1.00. The van der Waals surface area contributed by atoms with Crippen molar-refractivity contribution in [1.29, 1.82) is 0 Å². The van der Waals surface area contributed by atoms with E-state index in [0.29, 0.717) is 6.54 Å². The van der Waals surface area contributed by atoms with Gasteiger partial charge in [0, 0.05) is 13.2 Å². The highest BCUT2D eigenvalue weighted by Crippen LogP contribution is 1.89. The molecule has 0 saturated heterocycles. The Labute approximate surface area is 61.3 Å². The molecule has 0 aromatic carbocycles. The molecule has 1 atom stereocenters. The van der Waals surface area contributed by atoms with Crippen molar-refractivity contribution in [3.8, 4) is 0 Å². The van der Waals surface area contributed by atoms with E-state index in [2.05, 4.69) is 4.72 Å². The maximum atomic E-state index is 10.5. The molecule has 0 spiro atoms. The number of rotatable bonds is 4. The van der Waals surface area contributed by atoms with Crippen molar-refractivity contribution < 1.29 is 13.5 Å². The Kier molecular flexibility index (Phi) is 3.85. The molecule has 0 aliphatic heterocycles. The molecule has 0 rings (SSSR count). The van der Waals surface area contributed by atoms with Crippen molar-refractivity contribution in [2.45, 2.75) is 6.92 Å². The number of hydrogen-bond donors (Lipinski definition) is 2. The van der Waals surface area contributed by atoms with Gasteiger partial charge in [-0.15, -0.1) is 0 Å². The third-order valence-corrected chi connectivity index (χ3v) is 1.70. The first-order valence-corrected chi connectivity index (χ1v) is 4.90. The van der Waals surface area contributed by atoms with Gasteiger partial charge in [-0.3, -0.25) is 0 Å². The van der Waals surface area contributed by atoms with Gasteiger partial charge in [0.05, 0.1) is 6.26 Å². The fourth-order valence-corrected chi connectivity index (χ4v) is 0.945. The van der Waals surface area contributed by atoms with Crippen LogP contribution in [0.2, 0.25) is 0 Å². The summed E-state index contributed by atoms with van der Waals surface area (Å²) in [5.41, 5.74) is 0. The lowest BCUT2D eigenvalue weighted by molar-refractivity contribution is 0.238. The molecule has 10 heavy (non-hydrogen) atoms. The SMILES string of the molecule is CC(CO)CNS(C)(=O)=O. The van der Waals surface area contributed by atoms with Crippen molar-refractivity contribution in [2.24, 2.45) is 5.92 Å². The first kappa shape index (κ1) is 9.87. The number of aliphatic hydroxyl groups is 1. The number of nitrogens with one attached hydrogen (secondary N) is 1. The zero-order valence-electron chi connectivity index (χ0n) is 6.16. The standard InChI is InChI=1S/C5H13NO3S/c1-5(4-7)3-6-10(2,8)9/h5-7H,3-4H2,1-2H3. The van der Waals surface area contributed by atoms with Crippen LogP contribution in [0.3, 0.4) is 0 Å². The second-order valence-electron chi connectivity index (χ2n) is 2.41. The maximum Gasteiger partial charge on any atom is 0.208 e. The second-order valence-corrected chi connectivity index (χ2v) is 4.24. The summed E-state index contributed by atoms with van der Waals surface area (Å²) in [6, 6.07) is 0. The van der Waals surface area contributed by atoms with Gasteiger partial charge in [0.1, 0.15) is 0 Å². The molecule has 0 aromatic heterocycles. The minimum absolute atomic E-state index is 0.00250. The Hall–Kier alpha value is -0.130. The van der Waals surface area contributed by atoms with Gasteiger partial charge in [-0.2, -0.15) is 0 Å². The van der Waals surface area contributed by atoms with Crippen LogP contribution in [0.4, 0.5) is 0 Å². The fourth-order valence-electron chi connectivity index (χ4n) is 0.358. The molecule has 0 amide bonds. The number of sulfonamides is 1. The molecule has 4 nitrogen and oxygen atoms in total. The van der Waals surface area contributed by atoms with Gasteiger partial charge in [-0.1, -0.05) is 6.92 Å². The van der Waals surface area contributed by atoms with Crippen molar-refractivity contribution in [2.75, 3.05) is 19.4 Å². The second kappa shape index (κ2) is 3.90. The average molecular weight is 167 g/mol. The molecule has 0 aliphatic carbocycles. The van der Waals surface area contributed by atoms with E-state index >= 15 is 0 Å². The predicted molar refractivity (Wildman–Crippen MR) is 39.1 cm³/mol. The molecule has 0 bridgehead atoms. The van der Waals surface area contributed by atoms with Crippen molar-refractivity contribution >= 4 is 10.0 Å². The summed E-state index contributed by atoms with van der Waals surface area (Å²) in [5.74, 6) is -0.0188. The summed E-state index contributed by atoms with van der Waals surface area (Å²) in [5, 5.41) is 8.50. The Morgan fingerprint density at radius 1 is 1.60 bits per heavy atom. The largest absolute Gasteiger partial charge is 0.396 e. The van der Waals surface area contributed by atoms with Crippen LogP contribution in [-0.4, -0.2) is 32.9 Å². The minimum Gasteiger partial charge on any atom is -0.396 e. The van der Waals surface area contributed by atoms with E-state index in [1.165, 1.54) is 0 Å². The van der Waals surface area contributed by atoms with Crippen LogP contribution in [0, 0.1) is 5.92 Å². The van der Waals surface area contributed by atoms with Crippen LogP contribution in [0.5, 0.6) is 0 Å². The summed E-state index contributed by atoms with van der Waals surface area (Å²) < 4.78 is 23.2. The van der Waals surface area contributed by atoms with Crippen molar-refractivity contribution in [1.82, 2.24) is 4.72 Å². The van der Waals surface area contributed by atoms with Crippen LogP contribution in [0.25, 0.3) is 0 Å². The van der Waals surface area contributed by atoms with Gasteiger partial charge in [-0.05, 0) is 5.92 Å². The molecule has 0 aliphatic rings. The summed E-state index contributed by atoms with van der Waals surface area (Å²) in [6.45, 7) is 2.07. The first-order chi connectivity index (χ1) is 4.45. The molecular formula is C5H13NO3S. The highest BCUT2D eigenvalue weighted by Gasteiger charge is 2.03. The van der Waals surface area contributed by atoms with Crippen molar-refractivity contribution in [3.05, 3.63) is 0 Å². The average Bonchev–Trinajstić information content (AvgIpc) is 1.81. The number of hydrogen-bond acceptors (Lipinski definition) is 3. The van der Waals surface area contributed by atoms with Gasteiger partial charge < -0.3 is 5.11 Å². The van der Waals surface area contributed by atoms with Crippen LogP contribution in [0.15, 0.2) is 0 Å². The first-order valence-electron chi connectivity index (χ1n) is 3.01. The zero-order valence-corrected chi connectivity index (χ0v) is 6.98. The smallest absolute Gasteiger partial charge is 0.208 e. The van der Waals surface area contributed by atoms with E-state index in [1.807, 2.05) is 0 Å². The normalized spacial score (nSPS) is 15.1. The van der Waals surface area contributed by atoms with E-state index < -0.39 is 10.0 Å². The van der Waals surface area contributed by atoms with Gasteiger partial charge >= 0.3 is 0 Å². The quantitative estimate of drug-likeness (QED) is 0.574. The summed E-state index contributed by atoms with van der Waals surface area (Å²) in [6.07, 6.45) is 1.09. The lowest BCUT2D eigenvalue weighted by Gasteiger charge is -2.06. The van der Waals surface area contributed by atoms with Crippen LogP contribution < -0.4 is 4.72 Å². The Morgan fingerprint density at radius 3 is 2.40 bits per heavy atom. The zero-order chi connectivity index (χ0) is 8.20. The third kappa shape index (κ3) is 6.00. The summed E-state index contributed by atoms with van der Waals surface area (Å²) in [4.78, 5) is 0. The molecule has 0 fully saturated rings. The highest BCUT2D eigenvalue weighted by molar-refractivity contribution is 7.88. The molecule has 62 valence electrons. The van der Waals surface area contributed by atoms with Gasteiger partial charge in [0.25, 0.3) is 0 Å². The van der Waals surface area contributed by atoms with Gasteiger partial charge in [0.2, 0.25) is 10.0 Å². The van der Waals surface area contributed by atoms with E-state index in [4.69, 9.17) is 5.11 Å². The molecule has 5 heteroatoms. The number of aliphatic hydroxyl groups excluding tert-OH is 1. The summed E-state index contributed by atoms with van der Waals surface area (Å²) in [7, 11) is -3.09. The highest BCUT2D eigenvalue weighted by atomic mass is 32.2. The van der Waals surface area contributed by atoms with Crippen LogP contribution >= 0.6 is 0 Å². The Bertz CT molecular complexity index is 175. The summed E-state index contributed by atoms with van der Waals surface area (Å²) >= 11 is 0. The molecule has 1 unspecified atom stereocenters. The predicted octanol–water partition coefficient (Wildman–Crippen LogP) is -0.836. The molecule has 2 N–H and O–H groups in total. The van der Waals surface area contributed by atoms with E-state index in [1.54, 1.807) is 6.92 Å². The molecular weight excluding hydrogens is 154 g/mol.